The number of aryl methyl sites for hydroxylation is 1. The zero-order valence-electron chi connectivity index (χ0n) is 16.5. The first kappa shape index (κ1) is 19.4. The van der Waals surface area contributed by atoms with Crippen molar-refractivity contribution in [1.82, 2.24) is 24.8 Å². The van der Waals surface area contributed by atoms with E-state index < -0.39 is 0 Å². The molecule has 1 fully saturated rings. The van der Waals surface area contributed by atoms with Crippen molar-refractivity contribution in [2.45, 2.75) is 20.0 Å². The molecule has 0 saturated carbocycles. The number of urea groups is 1. The molecular formula is C21H22N6O3. The van der Waals surface area contributed by atoms with Crippen LogP contribution < -0.4 is 10.6 Å². The van der Waals surface area contributed by atoms with Crippen LogP contribution in [-0.2, 0) is 17.8 Å². The minimum absolute atomic E-state index is 0.293. The van der Waals surface area contributed by atoms with Gasteiger partial charge in [0.2, 0.25) is 0 Å². The molecule has 0 unspecified atom stereocenters. The molecule has 1 aliphatic heterocycles. The Morgan fingerprint density at radius 1 is 1.13 bits per heavy atom. The van der Waals surface area contributed by atoms with Gasteiger partial charge in [0.05, 0.1) is 6.54 Å². The van der Waals surface area contributed by atoms with Crippen molar-refractivity contribution in [3.05, 3.63) is 71.9 Å². The fourth-order valence-electron chi connectivity index (χ4n) is 3.16. The molecule has 0 bridgehead atoms. The monoisotopic (exact) mass is 406 g/mol. The zero-order valence-corrected chi connectivity index (χ0v) is 16.5. The molecule has 0 atom stereocenters. The fraction of sp³-hybridized carbons (Fsp3) is 0.238. The lowest BCUT2D eigenvalue weighted by atomic mass is 10.2. The number of carbonyl (C=O) groups is 2. The highest BCUT2D eigenvalue weighted by Gasteiger charge is 2.21. The van der Waals surface area contributed by atoms with Crippen molar-refractivity contribution < 1.29 is 14.3 Å². The summed E-state index contributed by atoms with van der Waals surface area (Å²) in [5.74, 6) is 1.60. The lowest BCUT2D eigenvalue weighted by Crippen LogP contribution is -2.28. The minimum atomic E-state index is -0.303. The summed E-state index contributed by atoms with van der Waals surface area (Å²) in [5.41, 5.74) is 2.57. The van der Waals surface area contributed by atoms with Gasteiger partial charge >= 0.3 is 12.1 Å². The molecule has 1 aliphatic rings. The maximum absolute atomic E-state index is 12.2. The first-order valence-corrected chi connectivity index (χ1v) is 9.59. The molecule has 1 saturated heterocycles. The van der Waals surface area contributed by atoms with E-state index in [-0.39, 0.29) is 12.1 Å². The third-order valence-corrected chi connectivity index (χ3v) is 4.77. The molecular weight excluding hydrogens is 384 g/mol. The Hall–Kier alpha value is -3.88. The molecule has 3 aromatic rings. The Balaban J connectivity index is 1.30. The van der Waals surface area contributed by atoms with Gasteiger partial charge in [0.25, 0.3) is 0 Å². The highest BCUT2D eigenvalue weighted by Crippen LogP contribution is 2.14. The molecule has 2 aromatic heterocycles. The van der Waals surface area contributed by atoms with Gasteiger partial charge in [-0.2, -0.15) is 0 Å². The maximum Gasteiger partial charge on any atom is 0.410 e. The van der Waals surface area contributed by atoms with Gasteiger partial charge in [0, 0.05) is 37.4 Å². The van der Waals surface area contributed by atoms with Crippen molar-refractivity contribution in [3.8, 4) is 5.82 Å². The van der Waals surface area contributed by atoms with Gasteiger partial charge in [-0.25, -0.2) is 19.6 Å². The van der Waals surface area contributed by atoms with Crippen molar-refractivity contribution in [1.29, 1.82) is 0 Å². The van der Waals surface area contributed by atoms with Crippen molar-refractivity contribution in [2.75, 3.05) is 18.5 Å². The van der Waals surface area contributed by atoms with Gasteiger partial charge in [0.15, 0.2) is 0 Å². The number of aromatic nitrogens is 3. The minimum Gasteiger partial charge on any atom is -0.448 e. The number of benzene rings is 1. The van der Waals surface area contributed by atoms with E-state index in [1.54, 1.807) is 17.3 Å². The number of nitrogens with zero attached hydrogens (tertiary/aromatic N) is 4. The number of hydrogen-bond acceptors (Lipinski definition) is 5. The molecule has 4 rings (SSSR count). The van der Waals surface area contributed by atoms with Crippen LogP contribution in [0.5, 0.6) is 0 Å². The fourth-order valence-corrected chi connectivity index (χ4v) is 3.16. The largest absolute Gasteiger partial charge is 0.448 e. The molecule has 9 nitrogen and oxygen atoms in total. The first-order valence-electron chi connectivity index (χ1n) is 9.59. The van der Waals surface area contributed by atoms with E-state index in [9.17, 15) is 9.59 Å². The quantitative estimate of drug-likeness (QED) is 0.656. The number of pyridine rings is 1. The van der Waals surface area contributed by atoms with Gasteiger partial charge in [-0.15, -0.1) is 0 Å². The van der Waals surface area contributed by atoms with Crippen LogP contribution in [0.15, 0.2) is 55.0 Å². The van der Waals surface area contributed by atoms with E-state index >= 15 is 0 Å². The molecule has 0 spiro atoms. The lowest BCUT2D eigenvalue weighted by molar-refractivity contribution is 0.157. The van der Waals surface area contributed by atoms with Crippen LogP contribution in [0.4, 0.5) is 15.3 Å². The van der Waals surface area contributed by atoms with Crippen LogP contribution in [0.1, 0.15) is 17.0 Å². The third kappa shape index (κ3) is 4.57. The topological polar surface area (TPSA) is 101 Å². The van der Waals surface area contributed by atoms with Crippen LogP contribution in [-0.4, -0.2) is 44.7 Å². The number of carbonyl (C=O) groups excluding carboxylic acids is 2. The Morgan fingerprint density at radius 3 is 2.67 bits per heavy atom. The number of rotatable bonds is 6. The number of cyclic esters (lactones) is 1. The predicted octanol–water partition coefficient (Wildman–Crippen LogP) is 2.85. The predicted molar refractivity (Wildman–Crippen MR) is 110 cm³/mol. The number of anilines is 1. The van der Waals surface area contributed by atoms with E-state index in [0.717, 1.165) is 22.8 Å². The lowest BCUT2D eigenvalue weighted by Gasteiger charge is -2.13. The highest BCUT2D eigenvalue weighted by atomic mass is 16.6. The first-order chi connectivity index (χ1) is 14.6. The molecule has 3 amide bonds. The molecule has 1 aromatic carbocycles. The molecule has 0 aliphatic carbocycles. The average molecular weight is 406 g/mol. The smallest absolute Gasteiger partial charge is 0.410 e. The number of amides is 3. The van der Waals surface area contributed by atoms with E-state index in [1.807, 2.05) is 54.1 Å². The number of hydrogen-bond donors (Lipinski definition) is 2. The SMILES string of the molecule is Cc1nccn1-c1cc(CNC(=O)Nc2ccc(CN3CCOC3=O)cc2)ccn1. The summed E-state index contributed by atoms with van der Waals surface area (Å²) in [6.45, 7) is 3.79. The van der Waals surface area contributed by atoms with Gasteiger partial charge in [-0.1, -0.05) is 12.1 Å². The number of nitrogens with one attached hydrogen (secondary N) is 2. The molecule has 9 heteroatoms. The van der Waals surface area contributed by atoms with E-state index in [2.05, 4.69) is 20.6 Å². The Labute approximate surface area is 173 Å². The van der Waals surface area contributed by atoms with Crippen molar-refractivity contribution in [3.63, 3.8) is 0 Å². The summed E-state index contributed by atoms with van der Waals surface area (Å²) in [5, 5.41) is 5.65. The molecule has 30 heavy (non-hydrogen) atoms. The second-order valence-corrected chi connectivity index (χ2v) is 6.91. The van der Waals surface area contributed by atoms with Gasteiger partial charge in [0.1, 0.15) is 18.2 Å². The van der Waals surface area contributed by atoms with E-state index in [4.69, 9.17) is 4.74 Å². The molecule has 154 valence electrons. The summed E-state index contributed by atoms with van der Waals surface area (Å²) in [4.78, 5) is 33.9. The van der Waals surface area contributed by atoms with Gasteiger partial charge in [-0.3, -0.25) is 4.57 Å². The van der Waals surface area contributed by atoms with Crippen LogP contribution in [0.25, 0.3) is 5.82 Å². The highest BCUT2D eigenvalue weighted by molar-refractivity contribution is 5.89. The summed E-state index contributed by atoms with van der Waals surface area (Å²) >= 11 is 0. The maximum atomic E-state index is 12.2. The zero-order chi connectivity index (χ0) is 20.9. The Kier molecular flexibility index (Phi) is 5.60. The van der Waals surface area contributed by atoms with E-state index in [1.165, 1.54) is 0 Å². The Bertz CT molecular complexity index is 1050. The standard InChI is InChI=1S/C21H22N6O3/c1-15-22-8-9-27(15)19-12-17(6-7-23-19)13-24-20(28)25-18-4-2-16(3-5-18)14-26-10-11-30-21(26)29/h2-9,12H,10-11,13-14H2,1H3,(H2,24,25,28). The summed E-state index contributed by atoms with van der Waals surface area (Å²) in [6, 6.07) is 10.8. The molecule has 0 radical (unpaired) electrons. The summed E-state index contributed by atoms with van der Waals surface area (Å²) < 4.78 is 6.81. The third-order valence-electron chi connectivity index (χ3n) is 4.77. The van der Waals surface area contributed by atoms with Gasteiger partial charge < -0.3 is 20.3 Å². The van der Waals surface area contributed by atoms with Crippen LogP contribution in [0.2, 0.25) is 0 Å². The average Bonchev–Trinajstić information content (AvgIpc) is 3.36. The van der Waals surface area contributed by atoms with Crippen LogP contribution in [0.3, 0.4) is 0 Å². The van der Waals surface area contributed by atoms with Crippen LogP contribution in [0, 0.1) is 6.92 Å². The number of imidazole rings is 1. The second-order valence-electron chi connectivity index (χ2n) is 6.91. The van der Waals surface area contributed by atoms with Crippen molar-refractivity contribution >= 4 is 17.8 Å². The van der Waals surface area contributed by atoms with Crippen LogP contribution >= 0.6 is 0 Å². The summed E-state index contributed by atoms with van der Waals surface area (Å²) in [6.07, 6.45) is 4.98. The van der Waals surface area contributed by atoms with Gasteiger partial charge in [-0.05, 0) is 42.3 Å². The molecule has 2 N–H and O–H groups in total. The summed E-state index contributed by atoms with van der Waals surface area (Å²) in [7, 11) is 0. The normalized spacial score (nSPS) is 13.2. The molecule has 3 heterocycles. The van der Waals surface area contributed by atoms with Crippen molar-refractivity contribution in [2.24, 2.45) is 0 Å². The second kappa shape index (κ2) is 8.64. The van der Waals surface area contributed by atoms with E-state index in [0.29, 0.717) is 31.9 Å². The Morgan fingerprint density at radius 2 is 1.97 bits per heavy atom. The number of ether oxygens (including phenoxy) is 1.